The zero-order chi connectivity index (χ0) is 14.6. The van der Waals surface area contributed by atoms with Crippen LogP contribution >= 0.6 is 0 Å². The lowest BCUT2D eigenvalue weighted by molar-refractivity contribution is -0.0609. The highest BCUT2D eigenvalue weighted by Crippen LogP contribution is 2.41. The highest BCUT2D eigenvalue weighted by atomic mass is 16.5. The van der Waals surface area contributed by atoms with E-state index in [0.717, 1.165) is 38.0 Å². The summed E-state index contributed by atoms with van der Waals surface area (Å²) in [5, 5.41) is 12.8. The fraction of sp³-hybridized carbons (Fsp3) is 0.800. The summed E-state index contributed by atoms with van der Waals surface area (Å²) in [7, 11) is 1.73. The predicted molar refractivity (Wildman–Crippen MR) is 73.9 cm³/mol. The average Bonchev–Trinajstić information content (AvgIpc) is 2.96. The molecule has 110 valence electrons. The molecule has 1 saturated carbocycles. The highest BCUT2D eigenvalue weighted by Gasteiger charge is 2.40. The van der Waals surface area contributed by atoms with Crippen molar-refractivity contribution in [3.8, 4) is 6.07 Å². The van der Waals surface area contributed by atoms with Crippen molar-refractivity contribution in [3.05, 3.63) is 11.7 Å². The Bertz CT molecular complexity index is 470. The molecule has 0 amide bonds. The van der Waals surface area contributed by atoms with Gasteiger partial charge in [0.1, 0.15) is 5.60 Å². The normalized spacial score (nSPS) is 28.0. The fourth-order valence-corrected chi connectivity index (χ4v) is 2.77. The summed E-state index contributed by atoms with van der Waals surface area (Å²) < 4.78 is 11.1. The van der Waals surface area contributed by atoms with Gasteiger partial charge in [0.2, 0.25) is 11.7 Å². The lowest BCUT2D eigenvalue weighted by Gasteiger charge is -2.35. The number of methoxy groups -OCH3 is 1. The van der Waals surface area contributed by atoms with Crippen LogP contribution in [0.25, 0.3) is 0 Å². The summed E-state index contributed by atoms with van der Waals surface area (Å²) >= 11 is 0. The van der Waals surface area contributed by atoms with E-state index in [-0.39, 0.29) is 11.5 Å². The molecule has 0 saturated heterocycles. The number of ether oxygens (including phenoxy) is 1. The summed E-state index contributed by atoms with van der Waals surface area (Å²) in [6.07, 6.45) is 5.39. The van der Waals surface area contributed by atoms with Crippen LogP contribution < -0.4 is 0 Å². The molecule has 0 N–H and O–H groups in total. The molecule has 0 spiro atoms. The summed E-state index contributed by atoms with van der Waals surface area (Å²) in [6, 6.07) is 2.15. The Morgan fingerprint density at radius 2 is 2.20 bits per heavy atom. The van der Waals surface area contributed by atoms with Gasteiger partial charge in [0.05, 0.1) is 6.07 Å². The summed E-state index contributed by atoms with van der Waals surface area (Å²) in [4.78, 5) is 4.54. The molecule has 1 fully saturated rings. The second kappa shape index (κ2) is 6.36. The SMILES string of the molecule is COC1(c2noc(C(C)CCC#N)n2)CCC(C)CC1. The second-order valence-electron chi connectivity index (χ2n) is 5.93. The van der Waals surface area contributed by atoms with E-state index in [2.05, 4.69) is 23.1 Å². The van der Waals surface area contributed by atoms with Crippen LogP contribution in [0, 0.1) is 17.2 Å². The van der Waals surface area contributed by atoms with E-state index in [1.807, 2.05) is 6.92 Å². The Hall–Kier alpha value is -1.41. The third kappa shape index (κ3) is 3.01. The van der Waals surface area contributed by atoms with Gasteiger partial charge in [0.15, 0.2) is 0 Å². The molecule has 0 radical (unpaired) electrons. The summed E-state index contributed by atoms with van der Waals surface area (Å²) in [6.45, 7) is 4.28. The molecule has 5 heteroatoms. The van der Waals surface area contributed by atoms with Gasteiger partial charge in [-0.3, -0.25) is 0 Å². The first kappa shape index (κ1) is 15.0. The van der Waals surface area contributed by atoms with Crippen molar-refractivity contribution < 1.29 is 9.26 Å². The van der Waals surface area contributed by atoms with Crippen molar-refractivity contribution >= 4 is 0 Å². The molecule has 1 aromatic heterocycles. The van der Waals surface area contributed by atoms with Gasteiger partial charge in [0.25, 0.3) is 0 Å². The average molecular weight is 277 g/mol. The Labute approximate surface area is 120 Å². The Kier molecular flexibility index (Phi) is 4.77. The number of hydrogen-bond acceptors (Lipinski definition) is 5. The van der Waals surface area contributed by atoms with Crippen molar-refractivity contribution in [3.63, 3.8) is 0 Å². The number of nitrogens with zero attached hydrogens (tertiary/aromatic N) is 3. The molecule has 5 nitrogen and oxygen atoms in total. The standard InChI is InChI=1S/C15H23N3O2/c1-11-6-8-15(19-3,9-7-11)14-17-13(20-18-14)12(2)5-4-10-16/h11-12H,4-9H2,1-3H3. The van der Waals surface area contributed by atoms with Gasteiger partial charge in [-0.1, -0.05) is 19.0 Å². The van der Waals surface area contributed by atoms with Crippen LogP contribution in [0.1, 0.15) is 70.0 Å². The van der Waals surface area contributed by atoms with E-state index in [0.29, 0.717) is 18.1 Å². The molecule has 1 aliphatic rings. The van der Waals surface area contributed by atoms with E-state index in [1.54, 1.807) is 7.11 Å². The van der Waals surface area contributed by atoms with Crippen LogP contribution in [-0.2, 0) is 10.3 Å². The van der Waals surface area contributed by atoms with Crippen molar-refractivity contribution in [2.75, 3.05) is 7.11 Å². The van der Waals surface area contributed by atoms with E-state index in [9.17, 15) is 0 Å². The third-order valence-electron chi connectivity index (χ3n) is 4.43. The largest absolute Gasteiger partial charge is 0.370 e. The minimum Gasteiger partial charge on any atom is -0.370 e. The molecule has 0 bridgehead atoms. The molecular formula is C15H23N3O2. The minimum atomic E-state index is -0.386. The van der Waals surface area contributed by atoms with Crippen molar-refractivity contribution in [2.24, 2.45) is 5.92 Å². The monoisotopic (exact) mass is 277 g/mol. The van der Waals surface area contributed by atoms with Gasteiger partial charge in [-0.05, 0) is 38.0 Å². The van der Waals surface area contributed by atoms with Gasteiger partial charge in [-0.15, -0.1) is 0 Å². The Morgan fingerprint density at radius 3 is 2.80 bits per heavy atom. The quantitative estimate of drug-likeness (QED) is 0.823. The maximum atomic E-state index is 8.64. The van der Waals surface area contributed by atoms with Crippen LogP contribution in [0.3, 0.4) is 0 Å². The molecule has 1 heterocycles. The van der Waals surface area contributed by atoms with Gasteiger partial charge in [-0.25, -0.2) is 0 Å². The van der Waals surface area contributed by atoms with E-state index in [1.165, 1.54) is 0 Å². The molecule has 0 aliphatic heterocycles. The van der Waals surface area contributed by atoms with Crippen LogP contribution in [0.5, 0.6) is 0 Å². The van der Waals surface area contributed by atoms with Crippen LogP contribution in [0.4, 0.5) is 0 Å². The smallest absolute Gasteiger partial charge is 0.229 e. The van der Waals surface area contributed by atoms with Crippen LogP contribution in [0.15, 0.2) is 4.52 Å². The van der Waals surface area contributed by atoms with Gasteiger partial charge in [0, 0.05) is 19.4 Å². The maximum absolute atomic E-state index is 8.64. The molecule has 0 aromatic carbocycles. The molecule has 1 aliphatic carbocycles. The summed E-state index contributed by atoms with van der Waals surface area (Å²) in [5.74, 6) is 2.14. The third-order valence-corrected chi connectivity index (χ3v) is 4.43. The summed E-state index contributed by atoms with van der Waals surface area (Å²) in [5.41, 5.74) is -0.386. The lowest BCUT2D eigenvalue weighted by atomic mass is 9.79. The van der Waals surface area contributed by atoms with E-state index >= 15 is 0 Å². The first-order valence-corrected chi connectivity index (χ1v) is 7.37. The maximum Gasteiger partial charge on any atom is 0.229 e. The molecule has 1 atom stereocenters. The van der Waals surface area contributed by atoms with Gasteiger partial charge < -0.3 is 9.26 Å². The van der Waals surface area contributed by atoms with E-state index < -0.39 is 0 Å². The zero-order valence-electron chi connectivity index (χ0n) is 12.6. The molecule has 1 unspecified atom stereocenters. The van der Waals surface area contributed by atoms with Crippen molar-refractivity contribution in [2.45, 2.75) is 63.9 Å². The van der Waals surface area contributed by atoms with Crippen molar-refractivity contribution in [1.82, 2.24) is 10.1 Å². The first-order chi connectivity index (χ1) is 9.61. The number of nitriles is 1. The van der Waals surface area contributed by atoms with E-state index in [4.69, 9.17) is 14.5 Å². The van der Waals surface area contributed by atoms with Crippen LogP contribution in [-0.4, -0.2) is 17.3 Å². The molecular weight excluding hydrogens is 254 g/mol. The van der Waals surface area contributed by atoms with Gasteiger partial charge >= 0.3 is 0 Å². The molecule has 1 aromatic rings. The Balaban J connectivity index is 2.12. The first-order valence-electron chi connectivity index (χ1n) is 7.37. The number of hydrogen-bond donors (Lipinski definition) is 0. The van der Waals surface area contributed by atoms with Crippen molar-refractivity contribution in [1.29, 1.82) is 5.26 Å². The number of aromatic nitrogens is 2. The number of rotatable bonds is 5. The van der Waals surface area contributed by atoms with Gasteiger partial charge in [-0.2, -0.15) is 10.2 Å². The second-order valence-corrected chi connectivity index (χ2v) is 5.93. The fourth-order valence-electron chi connectivity index (χ4n) is 2.77. The van der Waals surface area contributed by atoms with Crippen LogP contribution in [0.2, 0.25) is 0 Å². The Morgan fingerprint density at radius 1 is 1.50 bits per heavy atom. The topological polar surface area (TPSA) is 71.9 Å². The minimum absolute atomic E-state index is 0.118. The lowest BCUT2D eigenvalue weighted by Crippen LogP contribution is -2.34. The molecule has 2 rings (SSSR count). The predicted octanol–water partition coefficient (Wildman–Crippen LogP) is 3.53. The molecule has 20 heavy (non-hydrogen) atoms. The zero-order valence-corrected chi connectivity index (χ0v) is 12.6. The highest BCUT2D eigenvalue weighted by molar-refractivity contribution is 5.05.